The van der Waals surface area contributed by atoms with Crippen molar-refractivity contribution in [3.63, 3.8) is 0 Å². The van der Waals surface area contributed by atoms with Crippen molar-refractivity contribution in [3.05, 3.63) is 77.9 Å². The molecule has 2 aliphatic rings. The lowest BCUT2D eigenvalue weighted by Gasteiger charge is -2.52. The first-order valence-electron chi connectivity index (χ1n) is 16.9. The third kappa shape index (κ3) is 9.84. The largest absolute Gasteiger partial charge is 0.497 e. The molecular formula is C38H52O9S2. The van der Waals surface area contributed by atoms with Crippen molar-refractivity contribution >= 4 is 34.3 Å². The van der Waals surface area contributed by atoms with Crippen LogP contribution in [-0.4, -0.2) is 79.4 Å². The predicted octanol–water partition coefficient (Wildman–Crippen LogP) is 7.05. The normalized spacial score (nSPS) is 33.6. The summed E-state index contributed by atoms with van der Waals surface area (Å²) in [4.78, 5) is 14.1. The van der Waals surface area contributed by atoms with E-state index in [-0.39, 0.29) is 35.0 Å². The van der Waals surface area contributed by atoms with Gasteiger partial charge in [0, 0.05) is 26.1 Å². The van der Waals surface area contributed by atoms with E-state index in [9.17, 15) is 9.90 Å². The van der Waals surface area contributed by atoms with Crippen LogP contribution in [0.25, 0.3) is 0 Å². The molecule has 2 heterocycles. The summed E-state index contributed by atoms with van der Waals surface area (Å²) in [5.74, 6) is -3.72. The average molecular weight is 717 g/mol. The molecule has 1 N–H and O–H groups in total. The second-order valence-corrected chi connectivity index (χ2v) is 14.3. The fourth-order valence-electron chi connectivity index (χ4n) is 6.69. The van der Waals surface area contributed by atoms with Gasteiger partial charge in [0.15, 0.2) is 6.10 Å². The molecule has 270 valence electrons. The zero-order valence-electron chi connectivity index (χ0n) is 29.6. The Balaban J connectivity index is 1.78. The first kappa shape index (κ1) is 39.3. The summed E-state index contributed by atoms with van der Waals surface area (Å²) < 4.78 is 43.1. The van der Waals surface area contributed by atoms with Crippen molar-refractivity contribution in [2.75, 3.05) is 27.6 Å². The van der Waals surface area contributed by atoms with Gasteiger partial charge in [-0.25, -0.2) is 0 Å². The summed E-state index contributed by atoms with van der Waals surface area (Å²) >= 11 is 6.74. The Morgan fingerprint density at radius 3 is 2.31 bits per heavy atom. The number of thioether (sulfide) groups is 1. The Morgan fingerprint density at radius 1 is 0.980 bits per heavy atom. The van der Waals surface area contributed by atoms with Gasteiger partial charge in [0.05, 0.1) is 25.9 Å². The lowest BCUT2D eigenvalue weighted by molar-refractivity contribution is -0.357. The van der Waals surface area contributed by atoms with E-state index < -0.39 is 42.1 Å². The van der Waals surface area contributed by atoms with Crippen molar-refractivity contribution in [3.8, 4) is 5.75 Å². The maximum Gasteiger partial charge on any atom is 0.314 e. The van der Waals surface area contributed by atoms with Crippen molar-refractivity contribution in [2.24, 2.45) is 17.8 Å². The number of fused-ring (bicyclic) bond motifs is 2. The molecule has 0 radical (unpaired) electrons. The third-order valence-corrected chi connectivity index (χ3v) is 10.8. The molecule has 0 amide bonds. The number of aliphatic hydroxyl groups is 1. The van der Waals surface area contributed by atoms with Gasteiger partial charge in [-0.3, -0.25) is 4.79 Å². The molecule has 0 spiro atoms. The van der Waals surface area contributed by atoms with Gasteiger partial charge in [0.25, 0.3) is 0 Å². The molecule has 0 saturated carbocycles. The van der Waals surface area contributed by atoms with Crippen molar-refractivity contribution < 1.29 is 43.1 Å². The molecule has 0 aliphatic carbocycles. The van der Waals surface area contributed by atoms with Gasteiger partial charge in [-0.1, -0.05) is 86.6 Å². The molecule has 0 aromatic heterocycles. The number of rotatable bonds is 8. The van der Waals surface area contributed by atoms with E-state index in [1.165, 1.54) is 11.8 Å². The second-order valence-electron chi connectivity index (χ2n) is 12.9. The summed E-state index contributed by atoms with van der Waals surface area (Å²) in [7, 11) is 4.99. The van der Waals surface area contributed by atoms with Gasteiger partial charge in [-0.05, 0) is 67.9 Å². The predicted molar refractivity (Wildman–Crippen MR) is 194 cm³/mol. The molecule has 0 unspecified atom stereocenters. The molecule has 2 aromatic rings. The van der Waals surface area contributed by atoms with E-state index in [2.05, 4.69) is 0 Å². The number of thiocarbonyl (C=S) groups is 1. The zero-order chi connectivity index (χ0) is 35.6. The molecule has 2 aliphatic heterocycles. The van der Waals surface area contributed by atoms with Gasteiger partial charge < -0.3 is 38.3 Å². The number of esters is 1. The van der Waals surface area contributed by atoms with E-state index in [0.29, 0.717) is 6.42 Å². The summed E-state index contributed by atoms with van der Waals surface area (Å²) in [6.07, 6.45) is 5.36. The fourth-order valence-corrected chi connectivity index (χ4v) is 7.00. The number of cyclic esters (lactones) is 1. The van der Waals surface area contributed by atoms with E-state index in [4.69, 9.17) is 45.4 Å². The second kappa shape index (κ2) is 18.6. The first-order chi connectivity index (χ1) is 23.6. The number of carbonyl (C=O) groups excluding carboxylic acids is 1. The van der Waals surface area contributed by atoms with Crippen molar-refractivity contribution in [1.82, 2.24) is 0 Å². The highest BCUT2D eigenvalue weighted by Gasteiger charge is 2.60. The summed E-state index contributed by atoms with van der Waals surface area (Å²) in [5, 5.41) is 12.7. The first-order valence-corrected chi connectivity index (χ1v) is 18.6. The number of ether oxygens (including phenoxy) is 7. The standard InChI is InChI=1S/C38H52O9S2/c1-24-17-22-32(43-6)31(42-5)16-12-11-15-30(28-13-9-8-10-14-28)45-36(39)26(3)38(40)35(46-37(48)49-7)34(25(2)33(24)47-38)44-23-27-18-20-29(41-4)21-19-27/h8-10,13-14,17-22,24-26,30-35,40H,11-12,15-16,23H2,1-7H3/b22-17+/t24-,25+,26+,30-,31-,32+,33-,34-,35-,38+/m0/s1. The van der Waals surface area contributed by atoms with Crippen molar-refractivity contribution in [1.29, 1.82) is 0 Å². The van der Waals surface area contributed by atoms with E-state index in [1.54, 1.807) is 34.5 Å². The average Bonchev–Trinajstić information content (AvgIpc) is 3.12. The maximum atomic E-state index is 14.1. The molecule has 11 heteroatoms. The Kier molecular flexibility index (Phi) is 14.9. The molecule has 9 nitrogen and oxygen atoms in total. The lowest BCUT2D eigenvalue weighted by Crippen LogP contribution is -2.67. The number of hydrogen-bond donors (Lipinski definition) is 1. The minimum atomic E-state index is -2.16. The van der Waals surface area contributed by atoms with Crippen LogP contribution < -0.4 is 4.74 Å². The van der Waals surface area contributed by atoms with Crippen LogP contribution in [-0.2, 0) is 39.8 Å². The Labute approximate surface area is 301 Å². The highest BCUT2D eigenvalue weighted by atomic mass is 32.2. The molecule has 1 saturated heterocycles. The SMILES string of the molecule is COc1ccc(CO[C@H]2[C@H](C)[C@H]3O[C@](O)([C@H](C)C(=O)O[C@H](c4ccccc4)CCCC[C@H](OC)[C@H](OC)/C=C/[C@@H]3C)[C@H]2OC(=S)SC)cc1. The van der Waals surface area contributed by atoms with Gasteiger partial charge in [-0.2, -0.15) is 0 Å². The quantitative estimate of drug-likeness (QED) is 0.173. The molecular weight excluding hydrogens is 665 g/mol. The Hall–Kier alpha value is -2.51. The van der Waals surface area contributed by atoms with Crippen LogP contribution in [0.15, 0.2) is 66.7 Å². The molecule has 10 atom stereocenters. The van der Waals surface area contributed by atoms with Crippen LogP contribution in [0.5, 0.6) is 5.75 Å². The zero-order valence-corrected chi connectivity index (χ0v) is 31.2. The monoisotopic (exact) mass is 716 g/mol. The number of carbonyl (C=O) groups is 1. The number of methoxy groups -OCH3 is 3. The maximum absolute atomic E-state index is 14.1. The minimum absolute atomic E-state index is 0.174. The number of benzene rings is 2. The lowest BCUT2D eigenvalue weighted by atomic mass is 9.77. The molecule has 49 heavy (non-hydrogen) atoms. The minimum Gasteiger partial charge on any atom is -0.497 e. The van der Waals surface area contributed by atoms with E-state index in [0.717, 1.165) is 36.1 Å². The van der Waals surface area contributed by atoms with Gasteiger partial charge in [0.2, 0.25) is 10.2 Å². The van der Waals surface area contributed by atoms with Crippen molar-refractivity contribution in [2.45, 2.75) is 95.5 Å². The molecule has 1 fully saturated rings. The van der Waals surface area contributed by atoms with Crippen LogP contribution in [0, 0.1) is 17.8 Å². The highest BCUT2D eigenvalue weighted by molar-refractivity contribution is 8.22. The Bertz CT molecular complexity index is 1360. The topological polar surface area (TPSA) is 102 Å². The third-order valence-electron chi connectivity index (χ3n) is 9.73. The van der Waals surface area contributed by atoms with E-state index >= 15 is 0 Å². The summed E-state index contributed by atoms with van der Waals surface area (Å²) in [5.41, 5.74) is 1.78. The smallest absolute Gasteiger partial charge is 0.314 e. The van der Waals surface area contributed by atoms with Crippen LogP contribution in [0.3, 0.4) is 0 Å². The van der Waals surface area contributed by atoms with Crippen LogP contribution in [0.1, 0.15) is 63.7 Å². The van der Waals surface area contributed by atoms with Gasteiger partial charge in [0.1, 0.15) is 30.0 Å². The molecule has 2 bridgehead atoms. The molecule has 2 aromatic carbocycles. The van der Waals surface area contributed by atoms with Gasteiger partial charge >= 0.3 is 5.97 Å². The van der Waals surface area contributed by atoms with Crippen LogP contribution >= 0.6 is 24.0 Å². The summed E-state index contributed by atoms with van der Waals surface area (Å²) in [6, 6.07) is 17.2. The summed E-state index contributed by atoms with van der Waals surface area (Å²) in [6.45, 7) is 5.85. The van der Waals surface area contributed by atoms with E-state index in [1.807, 2.05) is 80.6 Å². The van der Waals surface area contributed by atoms with Gasteiger partial charge in [-0.15, -0.1) is 0 Å². The molecule has 4 rings (SSSR count). The fraction of sp³-hybridized carbons (Fsp3) is 0.579. The number of hydrogen-bond acceptors (Lipinski definition) is 11. The van der Waals surface area contributed by atoms with Crippen LogP contribution in [0.2, 0.25) is 0 Å². The Morgan fingerprint density at radius 2 is 1.67 bits per heavy atom. The highest BCUT2D eigenvalue weighted by Crippen LogP contribution is 2.44. The van der Waals surface area contributed by atoms with Crippen LogP contribution in [0.4, 0.5) is 0 Å².